The number of esters is 1. The van der Waals surface area contributed by atoms with E-state index >= 15 is 0 Å². The van der Waals surface area contributed by atoms with Gasteiger partial charge in [0.1, 0.15) is 5.92 Å². The summed E-state index contributed by atoms with van der Waals surface area (Å²) in [6.07, 6.45) is 0.876. The minimum atomic E-state index is -0.868. The second-order valence-corrected chi connectivity index (χ2v) is 11.9. The zero-order valence-corrected chi connectivity index (χ0v) is 24.6. The van der Waals surface area contributed by atoms with Crippen molar-refractivity contribution in [3.05, 3.63) is 81.0 Å². The molecule has 0 bridgehead atoms. The summed E-state index contributed by atoms with van der Waals surface area (Å²) in [6.45, 7) is 14.1. The molecule has 7 heteroatoms. The third-order valence-electron chi connectivity index (χ3n) is 7.63. The van der Waals surface area contributed by atoms with E-state index in [-0.39, 0.29) is 24.9 Å². The number of allylic oxidation sites excluding steroid dienone is 2. The minimum Gasteiger partial charge on any atom is -0.465 e. The summed E-state index contributed by atoms with van der Waals surface area (Å²) in [6, 6.07) is 11.2. The predicted octanol–water partition coefficient (Wildman–Crippen LogP) is 5.64. The minimum absolute atomic E-state index is 0.0304. The Labute approximate surface area is 236 Å². The summed E-state index contributed by atoms with van der Waals surface area (Å²) < 4.78 is 11.6. The Balaban J connectivity index is 1.90. The summed E-state index contributed by atoms with van der Waals surface area (Å²) >= 11 is 0. The van der Waals surface area contributed by atoms with Crippen molar-refractivity contribution in [1.29, 1.82) is 0 Å². The molecule has 3 unspecified atom stereocenters. The number of carbonyl (C=O) groups excluding carboxylic acids is 3. The fourth-order valence-corrected chi connectivity index (χ4v) is 6.17. The second-order valence-electron chi connectivity index (χ2n) is 11.9. The number of benzene rings is 2. The summed E-state index contributed by atoms with van der Waals surface area (Å²) in [5.74, 6) is -2.67. The standard InChI is InChI=1S/C33H40N2O5/c1-8-39-32(38)30-25(17-40-33(5,6)7)35-24-15-23(27-19(3)12-18(2)13-20(27)4)16-26(36)29(24)28(30)21-10-9-11-22(14-21)31(34)37/h9-14,23,28,30H,8,15-17H2,1-7H3,(H2,34,37). The third-order valence-corrected chi connectivity index (χ3v) is 7.63. The maximum atomic E-state index is 14.1. The molecule has 0 fully saturated rings. The Bertz CT molecular complexity index is 1390. The van der Waals surface area contributed by atoms with Crippen LogP contribution in [0.5, 0.6) is 0 Å². The summed E-state index contributed by atoms with van der Waals surface area (Å²) in [5, 5.41) is 0. The van der Waals surface area contributed by atoms with Crippen molar-refractivity contribution in [3.63, 3.8) is 0 Å². The van der Waals surface area contributed by atoms with Crippen LogP contribution in [0.3, 0.4) is 0 Å². The topological polar surface area (TPSA) is 108 Å². The number of ketones is 1. The van der Waals surface area contributed by atoms with E-state index in [0.717, 1.165) is 11.1 Å². The number of carbonyl (C=O) groups is 3. The third kappa shape index (κ3) is 6.09. The van der Waals surface area contributed by atoms with Crippen molar-refractivity contribution < 1.29 is 23.9 Å². The van der Waals surface area contributed by atoms with Gasteiger partial charge in [-0.1, -0.05) is 29.8 Å². The number of Topliss-reactive ketones (excluding diaryl/α,β-unsaturated/α-hetero) is 1. The van der Waals surface area contributed by atoms with E-state index in [1.807, 2.05) is 26.8 Å². The van der Waals surface area contributed by atoms with Gasteiger partial charge in [0.2, 0.25) is 5.91 Å². The lowest BCUT2D eigenvalue weighted by Gasteiger charge is -2.38. The number of nitrogens with two attached hydrogens (primary N) is 1. The van der Waals surface area contributed by atoms with Crippen LogP contribution in [0.2, 0.25) is 0 Å². The van der Waals surface area contributed by atoms with Crippen LogP contribution in [-0.2, 0) is 19.1 Å². The number of hydrogen-bond donors (Lipinski definition) is 1. The summed E-state index contributed by atoms with van der Waals surface area (Å²) in [4.78, 5) is 44.7. The van der Waals surface area contributed by atoms with Gasteiger partial charge in [-0.25, -0.2) is 0 Å². The molecule has 0 saturated heterocycles. The van der Waals surface area contributed by atoms with Crippen LogP contribution >= 0.6 is 0 Å². The maximum Gasteiger partial charge on any atom is 0.315 e. The highest BCUT2D eigenvalue weighted by Gasteiger charge is 2.46. The molecule has 0 spiro atoms. The van der Waals surface area contributed by atoms with Crippen LogP contribution in [0.15, 0.2) is 52.7 Å². The fraction of sp³-hybridized carbons (Fsp3) is 0.455. The normalized spacial score (nSPS) is 21.1. The molecule has 2 aliphatic rings. The Morgan fingerprint density at radius 3 is 2.33 bits per heavy atom. The molecule has 212 valence electrons. The Hall–Kier alpha value is -3.58. The van der Waals surface area contributed by atoms with Crippen LogP contribution in [0.25, 0.3) is 0 Å². The molecule has 2 aromatic carbocycles. The number of amides is 1. The van der Waals surface area contributed by atoms with E-state index in [1.54, 1.807) is 25.1 Å². The quantitative estimate of drug-likeness (QED) is 0.454. The van der Waals surface area contributed by atoms with E-state index in [9.17, 15) is 14.4 Å². The molecule has 1 heterocycles. The molecule has 2 aromatic rings. The van der Waals surface area contributed by atoms with Crippen molar-refractivity contribution in [1.82, 2.24) is 0 Å². The molecule has 0 saturated carbocycles. The largest absolute Gasteiger partial charge is 0.465 e. The fourth-order valence-electron chi connectivity index (χ4n) is 6.17. The first kappa shape index (κ1) is 29.4. The predicted molar refractivity (Wildman–Crippen MR) is 156 cm³/mol. The highest BCUT2D eigenvalue weighted by Crippen LogP contribution is 2.48. The first-order valence-corrected chi connectivity index (χ1v) is 13.9. The first-order chi connectivity index (χ1) is 18.8. The van der Waals surface area contributed by atoms with Crippen molar-refractivity contribution >= 4 is 23.4 Å². The van der Waals surface area contributed by atoms with E-state index in [2.05, 4.69) is 32.9 Å². The Kier molecular flexibility index (Phi) is 8.45. The molecule has 7 nitrogen and oxygen atoms in total. The summed E-state index contributed by atoms with van der Waals surface area (Å²) in [5.41, 5.74) is 12.5. The van der Waals surface area contributed by atoms with Crippen LogP contribution in [-0.4, -0.2) is 42.2 Å². The number of primary amides is 1. The van der Waals surface area contributed by atoms with Crippen LogP contribution in [0.1, 0.15) is 90.5 Å². The van der Waals surface area contributed by atoms with Crippen LogP contribution in [0.4, 0.5) is 0 Å². The van der Waals surface area contributed by atoms with Gasteiger partial charge in [-0.3, -0.25) is 19.4 Å². The molecular weight excluding hydrogens is 504 g/mol. The molecule has 4 rings (SSSR count). The van der Waals surface area contributed by atoms with Gasteiger partial charge < -0.3 is 15.2 Å². The summed E-state index contributed by atoms with van der Waals surface area (Å²) in [7, 11) is 0. The van der Waals surface area contributed by atoms with Gasteiger partial charge in [-0.15, -0.1) is 0 Å². The lowest BCUT2D eigenvalue weighted by Crippen LogP contribution is -2.42. The molecule has 1 aliphatic heterocycles. The first-order valence-electron chi connectivity index (χ1n) is 13.9. The van der Waals surface area contributed by atoms with Gasteiger partial charge >= 0.3 is 5.97 Å². The molecule has 40 heavy (non-hydrogen) atoms. The number of ether oxygens (including phenoxy) is 2. The van der Waals surface area contributed by atoms with Crippen molar-refractivity contribution in [3.8, 4) is 0 Å². The number of hydrogen-bond acceptors (Lipinski definition) is 6. The van der Waals surface area contributed by atoms with E-state index in [1.165, 1.54) is 11.1 Å². The zero-order valence-electron chi connectivity index (χ0n) is 24.6. The molecule has 1 aliphatic carbocycles. The Morgan fingerprint density at radius 2 is 1.73 bits per heavy atom. The maximum absolute atomic E-state index is 14.1. The highest BCUT2D eigenvalue weighted by molar-refractivity contribution is 6.10. The van der Waals surface area contributed by atoms with Gasteiger partial charge in [-0.05, 0) is 95.2 Å². The molecule has 0 radical (unpaired) electrons. The molecule has 1 amide bonds. The smallest absolute Gasteiger partial charge is 0.315 e. The average Bonchev–Trinajstić information content (AvgIpc) is 2.85. The number of rotatable bonds is 7. The van der Waals surface area contributed by atoms with Crippen molar-refractivity contribution in [2.45, 2.75) is 78.7 Å². The van der Waals surface area contributed by atoms with Crippen molar-refractivity contribution in [2.24, 2.45) is 16.6 Å². The SMILES string of the molecule is CCOC(=O)C1C(COC(C)(C)C)=NC2=C(C(=O)CC(c3c(C)cc(C)cc3C)C2)C1c1cccc(C(N)=O)c1. The lowest BCUT2D eigenvalue weighted by molar-refractivity contribution is -0.146. The zero-order chi connectivity index (χ0) is 29.4. The molecule has 2 N–H and O–H groups in total. The van der Waals surface area contributed by atoms with Crippen LogP contribution < -0.4 is 5.73 Å². The van der Waals surface area contributed by atoms with E-state index in [0.29, 0.717) is 41.0 Å². The molecule has 0 aromatic heterocycles. The number of nitrogens with zero attached hydrogens (tertiary/aromatic N) is 1. The van der Waals surface area contributed by atoms with Gasteiger partial charge in [0, 0.05) is 29.2 Å². The van der Waals surface area contributed by atoms with Gasteiger partial charge in [0.05, 0.1) is 24.5 Å². The number of aliphatic imine (C=N–C) groups is 1. The average molecular weight is 545 g/mol. The second kappa shape index (κ2) is 11.5. The van der Waals surface area contributed by atoms with E-state index in [4.69, 9.17) is 20.2 Å². The Morgan fingerprint density at radius 1 is 1.05 bits per heavy atom. The van der Waals surface area contributed by atoms with Gasteiger partial charge in [0.25, 0.3) is 0 Å². The molecular formula is C33H40N2O5. The van der Waals surface area contributed by atoms with Crippen molar-refractivity contribution in [2.75, 3.05) is 13.2 Å². The van der Waals surface area contributed by atoms with Gasteiger partial charge in [-0.2, -0.15) is 0 Å². The highest BCUT2D eigenvalue weighted by atomic mass is 16.5. The number of aryl methyl sites for hydroxylation is 3. The van der Waals surface area contributed by atoms with E-state index < -0.39 is 29.3 Å². The van der Waals surface area contributed by atoms with Crippen LogP contribution in [0, 0.1) is 26.7 Å². The molecule has 3 atom stereocenters. The van der Waals surface area contributed by atoms with Gasteiger partial charge in [0.15, 0.2) is 5.78 Å². The lowest BCUT2D eigenvalue weighted by atomic mass is 9.68. The monoisotopic (exact) mass is 544 g/mol.